The van der Waals surface area contributed by atoms with Crippen LogP contribution in [0.1, 0.15) is 102 Å². The van der Waals surface area contributed by atoms with Crippen LogP contribution in [0.3, 0.4) is 0 Å². The van der Waals surface area contributed by atoms with Crippen molar-refractivity contribution in [1.82, 2.24) is 4.57 Å². The summed E-state index contributed by atoms with van der Waals surface area (Å²) in [6, 6.07) is 52.8. The van der Waals surface area contributed by atoms with E-state index in [1.807, 2.05) is 11.3 Å². The van der Waals surface area contributed by atoms with Gasteiger partial charge in [-0.15, -0.1) is 22.7 Å². The van der Waals surface area contributed by atoms with Crippen LogP contribution in [-0.2, 0) is 21.7 Å². The molecule has 3 nitrogen and oxygen atoms in total. The Morgan fingerprint density at radius 3 is 1.97 bits per heavy atom. The van der Waals surface area contributed by atoms with Gasteiger partial charge in [0.05, 0.1) is 11.0 Å². The van der Waals surface area contributed by atoms with Crippen molar-refractivity contribution < 1.29 is 4.42 Å². The topological polar surface area (TPSA) is 21.3 Å². The third kappa shape index (κ3) is 4.70. The quantitative estimate of drug-likeness (QED) is 0.141. The average Bonchev–Trinajstić information content (AvgIpc) is 4.16. The van der Waals surface area contributed by atoms with Crippen molar-refractivity contribution >= 4 is 147 Å². The summed E-state index contributed by atoms with van der Waals surface area (Å²) >= 11 is 4.05. The lowest BCUT2D eigenvalue weighted by molar-refractivity contribution is 0.332. The molecule has 4 bridgehead atoms. The maximum atomic E-state index is 7.45. The van der Waals surface area contributed by atoms with E-state index in [0.29, 0.717) is 0 Å². The zero-order valence-electron chi connectivity index (χ0n) is 42.2. The minimum atomic E-state index is -0.241. The van der Waals surface area contributed by atoms with E-state index in [9.17, 15) is 0 Å². The standard InChI is InChI=1S/C67H51BN2OS2/c1-64(2)22-23-65(3,4)43-32-55-41(28-42(43)64)57-58-50-31-46(63(57)73-55)67(7)25-24-66(5,6)44-33-54-40(29-45(44)67)56-48(19-13-21-53(56)72-54)70(50)68-47-18-12-17-37-38-26-34-14-8-9-15-35(34)27-49(38)69(61(37)47)51-30-39-36-16-10-11-20-52(36)71-62(39)59(58)60(51)68/h8-21,26-33H,22-25H2,1-7H3. The third-order valence-corrected chi connectivity index (χ3v) is 22.0. The molecule has 1 atom stereocenters. The van der Waals surface area contributed by atoms with Crippen molar-refractivity contribution in [1.29, 1.82) is 0 Å². The molecule has 6 heteroatoms. The van der Waals surface area contributed by atoms with Crippen molar-refractivity contribution in [2.45, 2.75) is 95.8 Å². The predicted molar refractivity (Wildman–Crippen MR) is 314 cm³/mol. The van der Waals surface area contributed by atoms with E-state index >= 15 is 0 Å². The molecule has 7 heterocycles. The highest BCUT2D eigenvalue weighted by molar-refractivity contribution is 7.26. The van der Waals surface area contributed by atoms with Crippen molar-refractivity contribution in [3.63, 3.8) is 0 Å². The summed E-state index contributed by atoms with van der Waals surface area (Å²) in [5.74, 6) is 0. The monoisotopic (exact) mass is 974 g/mol. The Kier molecular flexibility index (Phi) is 7.08. The molecule has 9 aromatic carbocycles. The fraction of sp³-hybridized carbons (Fsp3) is 0.224. The van der Waals surface area contributed by atoms with Crippen LogP contribution in [0.25, 0.3) is 112 Å². The van der Waals surface area contributed by atoms with Gasteiger partial charge in [0, 0.05) is 95.5 Å². The van der Waals surface area contributed by atoms with Crippen LogP contribution in [0, 0.1) is 0 Å². The van der Waals surface area contributed by atoms with Gasteiger partial charge in [0.1, 0.15) is 11.2 Å². The maximum Gasteiger partial charge on any atom is 0.333 e. The number of hydrogen-bond acceptors (Lipinski definition) is 4. The molecule has 0 N–H and O–H groups in total. The fourth-order valence-electron chi connectivity index (χ4n) is 15.7. The largest absolute Gasteiger partial charge is 0.455 e. The predicted octanol–water partition coefficient (Wildman–Crippen LogP) is 17.8. The first-order valence-corrected chi connectivity index (χ1v) is 28.2. The second kappa shape index (κ2) is 12.7. The number of fused-ring (bicyclic) bond motifs is 21. The van der Waals surface area contributed by atoms with Gasteiger partial charge in [0.15, 0.2) is 0 Å². The van der Waals surface area contributed by atoms with Gasteiger partial charge in [-0.05, 0) is 158 Å². The average molecular weight is 975 g/mol. The summed E-state index contributed by atoms with van der Waals surface area (Å²) in [6.45, 7) is 17.4. The molecule has 18 rings (SSSR count). The van der Waals surface area contributed by atoms with Gasteiger partial charge in [-0.2, -0.15) is 0 Å². The highest BCUT2D eigenvalue weighted by Gasteiger charge is 2.50. The summed E-state index contributed by atoms with van der Waals surface area (Å²) in [7, 11) is 0. The number of furan rings is 1. The second-order valence-electron chi connectivity index (χ2n) is 24.9. The molecule has 5 aliphatic rings. The normalized spacial score (nSPS) is 19.5. The Morgan fingerprint density at radius 2 is 1.15 bits per heavy atom. The van der Waals surface area contributed by atoms with Gasteiger partial charge in [-0.1, -0.05) is 115 Å². The molecule has 0 saturated carbocycles. The number of aromatic nitrogens is 1. The van der Waals surface area contributed by atoms with Crippen LogP contribution < -0.4 is 15.7 Å². The molecule has 3 aliphatic heterocycles. The first-order valence-electron chi connectivity index (χ1n) is 26.6. The van der Waals surface area contributed by atoms with Gasteiger partial charge < -0.3 is 13.8 Å². The molecule has 0 fully saturated rings. The summed E-state index contributed by atoms with van der Waals surface area (Å²) in [4.78, 5) is 2.85. The molecular formula is C67H51BN2OS2. The van der Waals surface area contributed by atoms with E-state index in [4.69, 9.17) is 4.42 Å². The summed E-state index contributed by atoms with van der Waals surface area (Å²) in [6.07, 6.45) is 4.56. The molecule has 73 heavy (non-hydrogen) atoms. The Bertz CT molecular complexity index is 4820. The number of thiophene rings is 2. The molecule has 1 unspecified atom stereocenters. The SMILES string of the molecule is CC1(C)CCC(C)(C)c2cc3c(cc21)sc1c2cc4c(c13)-c1c3c(cc5c1oc1ccccc15)-n1c5cc6ccccc6cc5c5cccc(c51)B3N4c1cccc3sc4cc5c(cc4c13)C2(C)CCC5(C)C. The first kappa shape index (κ1) is 40.6. The van der Waals surface area contributed by atoms with Crippen LogP contribution in [0.5, 0.6) is 0 Å². The Labute approximate surface area is 431 Å². The number of nitrogens with zero attached hydrogens (tertiary/aromatic N) is 2. The lowest BCUT2D eigenvalue weighted by atomic mass is 9.43. The van der Waals surface area contributed by atoms with Crippen LogP contribution in [0.15, 0.2) is 138 Å². The van der Waals surface area contributed by atoms with E-state index in [1.54, 1.807) is 0 Å². The van der Waals surface area contributed by atoms with E-state index < -0.39 is 0 Å². The smallest absolute Gasteiger partial charge is 0.333 e. The van der Waals surface area contributed by atoms with Gasteiger partial charge in [-0.25, -0.2) is 0 Å². The molecule has 2 aliphatic carbocycles. The van der Waals surface area contributed by atoms with E-state index in [-0.39, 0.29) is 28.5 Å². The van der Waals surface area contributed by atoms with Crippen LogP contribution in [0.4, 0.5) is 11.4 Å². The first-order chi connectivity index (χ1) is 35.3. The number of rotatable bonds is 0. The number of para-hydroxylation sites is 2. The zero-order chi connectivity index (χ0) is 48.6. The zero-order valence-corrected chi connectivity index (χ0v) is 43.9. The minimum Gasteiger partial charge on any atom is -0.455 e. The van der Waals surface area contributed by atoms with Crippen molar-refractivity contribution in [3.05, 3.63) is 161 Å². The Hall–Kier alpha value is -6.86. The van der Waals surface area contributed by atoms with E-state index in [2.05, 4.69) is 203 Å². The Morgan fingerprint density at radius 1 is 0.479 bits per heavy atom. The molecule has 0 radical (unpaired) electrons. The lowest BCUT2D eigenvalue weighted by Gasteiger charge is -2.47. The lowest BCUT2D eigenvalue weighted by Crippen LogP contribution is -2.60. The molecular weight excluding hydrogens is 924 g/mol. The Balaban J connectivity index is 1.12. The summed E-state index contributed by atoms with van der Waals surface area (Å²) in [5, 5.41) is 13.0. The van der Waals surface area contributed by atoms with Gasteiger partial charge in [-0.3, -0.25) is 0 Å². The van der Waals surface area contributed by atoms with Crippen molar-refractivity contribution in [2.75, 3.05) is 4.81 Å². The minimum absolute atomic E-state index is 0.0474. The number of anilines is 2. The van der Waals surface area contributed by atoms with E-state index in [0.717, 1.165) is 24.0 Å². The molecule has 350 valence electrons. The fourth-order valence-corrected chi connectivity index (χ4v) is 18.2. The van der Waals surface area contributed by atoms with Gasteiger partial charge in [0.25, 0.3) is 0 Å². The highest BCUT2D eigenvalue weighted by atomic mass is 32.1. The summed E-state index contributed by atoms with van der Waals surface area (Å²) in [5.41, 5.74) is 21.1. The summed E-state index contributed by atoms with van der Waals surface area (Å²) < 4.78 is 15.7. The molecule has 0 amide bonds. The molecule has 13 aromatic rings. The molecule has 4 aromatic heterocycles. The third-order valence-electron chi connectivity index (χ3n) is 19.7. The van der Waals surface area contributed by atoms with Crippen molar-refractivity contribution in [3.8, 4) is 16.8 Å². The van der Waals surface area contributed by atoms with E-state index in [1.165, 1.54) is 163 Å². The highest BCUT2D eigenvalue weighted by Crippen LogP contribution is 2.62. The number of hydrogen-bond donors (Lipinski definition) is 0. The van der Waals surface area contributed by atoms with Gasteiger partial charge in [0.2, 0.25) is 0 Å². The van der Waals surface area contributed by atoms with Gasteiger partial charge >= 0.3 is 6.85 Å². The van der Waals surface area contributed by atoms with Crippen LogP contribution in [0.2, 0.25) is 0 Å². The molecule has 0 saturated heterocycles. The van der Waals surface area contributed by atoms with Crippen molar-refractivity contribution in [2.24, 2.45) is 0 Å². The maximum absolute atomic E-state index is 7.45. The van der Waals surface area contributed by atoms with Crippen LogP contribution >= 0.6 is 22.7 Å². The molecule has 0 spiro atoms. The number of benzene rings is 9. The second-order valence-corrected chi connectivity index (χ2v) is 27.0. The van der Waals surface area contributed by atoms with Crippen LogP contribution in [-0.4, -0.2) is 11.4 Å².